The molecule has 0 spiro atoms. The number of likely N-dealkylation sites (N-methyl/N-ethyl adjacent to an activating group) is 1. The predicted octanol–water partition coefficient (Wildman–Crippen LogP) is 3.10. The number of aromatic nitrogens is 1. The van der Waals surface area contributed by atoms with Crippen LogP contribution < -0.4 is 4.48 Å². The molecule has 32 heavy (non-hydrogen) atoms. The van der Waals surface area contributed by atoms with Crippen molar-refractivity contribution in [3.8, 4) is 0 Å². The van der Waals surface area contributed by atoms with Gasteiger partial charge in [0.05, 0.1) is 32.5 Å². The van der Waals surface area contributed by atoms with Gasteiger partial charge in [0.25, 0.3) is 0 Å². The first-order valence-electron chi connectivity index (χ1n) is 10.7. The standard InChI is InChI=1S/C24H29N3O4S/c1-25(32(30,31)19-12-10-18(11-13-19)27(2,3)4)17-9-14-23-21(15-24(28)29)20-7-5-6-8-22(20)26(23)16-17/h5-8,10-13,17H,9,14-16H2,1-4H3/p+1. The van der Waals surface area contributed by atoms with E-state index in [9.17, 15) is 18.3 Å². The lowest BCUT2D eigenvalue weighted by molar-refractivity contribution is -0.136. The van der Waals surface area contributed by atoms with Gasteiger partial charge in [0.1, 0.15) is 5.69 Å². The van der Waals surface area contributed by atoms with E-state index >= 15 is 0 Å². The van der Waals surface area contributed by atoms with Crippen LogP contribution in [0, 0.1) is 0 Å². The summed E-state index contributed by atoms with van der Waals surface area (Å²) in [5.74, 6) is -0.858. The number of sulfonamides is 1. The molecule has 1 aliphatic rings. The van der Waals surface area contributed by atoms with Gasteiger partial charge >= 0.3 is 5.97 Å². The minimum Gasteiger partial charge on any atom is -0.481 e. The second-order valence-corrected chi connectivity index (χ2v) is 11.3. The van der Waals surface area contributed by atoms with Crippen molar-refractivity contribution in [3.63, 3.8) is 0 Å². The number of carbonyl (C=O) groups is 1. The van der Waals surface area contributed by atoms with Crippen molar-refractivity contribution in [3.05, 3.63) is 59.8 Å². The first-order valence-corrected chi connectivity index (χ1v) is 12.1. The Labute approximate surface area is 189 Å². The molecule has 8 heteroatoms. The molecule has 1 aromatic heterocycles. The first kappa shape index (κ1) is 22.5. The highest BCUT2D eigenvalue weighted by atomic mass is 32.2. The smallest absolute Gasteiger partial charge is 0.307 e. The number of carboxylic acid groups (broad SMARTS) is 1. The fourth-order valence-electron chi connectivity index (χ4n) is 4.60. The van der Waals surface area contributed by atoms with E-state index in [-0.39, 0.29) is 17.4 Å². The lowest BCUT2D eigenvalue weighted by Gasteiger charge is -2.32. The molecule has 7 nitrogen and oxygen atoms in total. The Morgan fingerprint density at radius 2 is 1.78 bits per heavy atom. The minimum atomic E-state index is -3.65. The van der Waals surface area contributed by atoms with E-state index in [1.54, 1.807) is 19.2 Å². The summed E-state index contributed by atoms with van der Waals surface area (Å²) in [4.78, 5) is 11.7. The van der Waals surface area contributed by atoms with Crippen LogP contribution in [0.15, 0.2) is 53.4 Å². The Balaban J connectivity index is 1.65. The number of aliphatic carboxylic acids is 1. The largest absolute Gasteiger partial charge is 0.481 e. The minimum absolute atomic E-state index is 0.0275. The zero-order valence-corrected chi connectivity index (χ0v) is 19.8. The van der Waals surface area contributed by atoms with Crippen molar-refractivity contribution in [2.24, 2.45) is 0 Å². The number of rotatable bonds is 6. The maximum absolute atomic E-state index is 13.4. The van der Waals surface area contributed by atoms with Gasteiger partial charge in [-0.3, -0.25) is 9.28 Å². The van der Waals surface area contributed by atoms with Gasteiger partial charge in [0.15, 0.2) is 0 Å². The zero-order valence-electron chi connectivity index (χ0n) is 18.9. The quantitative estimate of drug-likeness (QED) is 0.578. The molecule has 0 saturated carbocycles. The Kier molecular flexibility index (Phi) is 5.65. The molecule has 1 N–H and O–H groups in total. The van der Waals surface area contributed by atoms with Crippen LogP contribution in [0.25, 0.3) is 10.9 Å². The van der Waals surface area contributed by atoms with Gasteiger partial charge in [-0.1, -0.05) is 18.2 Å². The molecule has 0 radical (unpaired) electrons. The van der Waals surface area contributed by atoms with Crippen LogP contribution in [0.3, 0.4) is 0 Å². The van der Waals surface area contributed by atoms with Gasteiger partial charge in [-0.2, -0.15) is 4.31 Å². The van der Waals surface area contributed by atoms with Crippen molar-refractivity contribution in [2.75, 3.05) is 28.2 Å². The number of nitrogens with zero attached hydrogens (tertiary/aromatic N) is 3. The van der Waals surface area contributed by atoms with Crippen molar-refractivity contribution < 1.29 is 18.3 Å². The summed E-state index contributed by atoms with van der Waals surface area (Å²) in [6, 6.07) is 14.6. The number of hydrogen-bond donors (Lipinski definition) is 1. The Morgan fingerprint density at radius 3 is 2.41 bits per heavy atom. The molecule has 0 saturated heterocycles. The number of quaternary nitrogens is 1. The normalized spacial score (nSPS) is 17.0. The van der Waals surface area contributed by atoms with E-state index in [0.29, 0.717) is 23.9 Å². The molecule has 0 bridgehead atoms. The fraction of sp³-hybridized carbons (Fsp3) is 0.375. The molecule has 4 rings (SSSR count). The van der Waals surface area contributed by atoms with Crippen LogP contribution in [0.1, 0.15) is 17.7 Å². The number of benzene rings is 2. The van der Waals surface area contributed by atoms with E-state index in [1.807, 2.05) is 57.5 Å². The maximum Gasteiger partial charge on any atom is 0.307 e. The number of fused-ring (bicyclic) bond motifs is 3. The molecular formula is C24H30N3O4S+. The zero-order chi connectivity index (χ0) is 23.3. The predicted molar refractivity (Wildman–Crippen MR) is 126 cm³/mol. The highest BCUT2D eigenvalue weighted by molar-refractivity contribution is 7.89. The van der Waals surface area contributed by atoms with Crippen LogP contribution >= 0.6 is 0 Å². The monoisotopic (exact) mass is 456 g/mol. The van der Waals surface area contributed by atoms with Crippen molar-refractivity contribution in [2.45, 2.75) is 36.7 Å². The lowest BCUT2D eigenvalue weighted by atomic mass is 10.0. The van der Waals surface area contributed by atoms with E-state index in [0.717, 1.165) is 27.8 Å². The number of hydrogen-bond acceptors (Lipinski definition) is 3. The average molecular weight is 457 g/mol. The molecule has 0 aliphatic carbocycles. The van der Waals surface area contributed by atoms with Crippen molar-refractivity contribution in [1.29, 1.82) is 0 Å². The summed E-state index contributed by atoms with van der Waals surface area (Å²) in [6.07, 6.45) is 1.26. The molecular weight excluding hydrogens is 426 g/mol. The summed E-state index contributed by atoms with van der Waals surface area (Å²) in [6.45, 7) is 0.502. The molecule has 3 aromatic rings. The number of carboxylic acids is 1. The molecule has 1 unspecified atom stereocenters. The van der Waals surface area contributed by atoms with Crippen molar-refractivity contribution >= 4 is 32.6 Å². The molecule has 1 atom stereocenters. The van der Waals surface area contributed by atoms with Gasteiger partial charge in [0, 0.05) is 48.4 Å². The second kappa shape index (κ2) is 8.03. The summed E-state index contributed by atoms with van der Waals surface area (Å²) >= 11 is 0. The molecule has 0 amide bonds. The SMILES string of the molecule is CN(C1CCc2c(CC(=O)O)c3ccccc3n2C1)S(=O)(=O)c1ccc([N+](C)(C)C)cc1. The highest BCUT2D eigenvalue weighted by Crippen LogP contribution is 2.33. The van der Waals surface area contributed by atoms with Gasteiger partial charge in [-0.15, -0.1) is 0 Å². The van der Waals surface area contributed by atoms with Gasteiger partial charge in [0.2, 0.25) is 10.0 Å². The third-order valence-electron chi connectivity index (χ3n) is 6.43. The Hall–Kier alpha value is -2.68. The van der Waals surface area contributed by atoms with E-state index < -0.39 is 16.0 Å². The molecule has 1 aliphatic heterocycles. The second-order valence-electron chi connectivity index (χ2n) is 9.34. The first-order chi connectivity index (χ1) is 15.0. The molecule has 2 aromatic carbocycles. The van der Waals surface area contributed by atoms with Gasteiger partial charge < -0.3 is 9.67 Å². The summed E-state index contributed by atoms with van der Waals surface area (Å²) < 4.78 is 30.9. The highest BCUT2D eigenvalue weighted by Gasteiger charge is 2.33. The van der Waals surface area contributed by atoms with Crippen LogP contribution in [-0.4, -0.2) is 62.6 Å². The van der Waals surface area contributed by atoms with Gasteiger partial charge in [-0.25, -0.2) is 8.42 Å². The van der Waals surface area contributed by atoms with Crippen LogP contribution in [-0.2, 0) is 34.2 Å². The summed E-state index contributed by atoms with van der Waals surface area (Å²) in [7, 11) is 4.10. The topological polar surface area (TPSA) is 79.6 Å². The summed E-state index contributed by atoms with van der Waals surface area (Å²) in [5, 5.41) is 10.3. The van der Waals surface area contributed by atoms with Crippen molar-refractivity contribution in [1.82, 2.24) is 13.4 Å². The van der Waals surface area contributed by atoms with E-state index in [1.165, 1.54) is 4.31 Å². The van der Waals surface area contributed by atoms with E-state index in [2.05, 4.69) is 4.57 Å². The van der Waals surface area contributed by atoms with E-state index in [4.69, 9.17) is 0 Å². The lowest BCUT2D eigenvalue weighted by Crippen LogP contribution is -2.42. The molecule has 170 valence electrons. The van der Waals surface area contributed by atoms with Gasteiger partial charge in [-0.05, 0) is 36.6 Å². The fourth-order valence-corrected chi connectivity index (χ4v) is 5.98. The third kappa shape index (κ3) is 3.94. The average Bonchev–Trinajstić information content (AvgIpc) is 3.05. The van der Waals surface area contributed by atoms with Crippen LogP contribution in [0.2, 0.25) is 0 Å². The number of para-hydroxylation sites is 1. The molecule has 0 fully saturated rings. The summed E-state index contributed by atoms with van der Waals surface area (Å²) in [5.41, 5.74) is 3.83. The Bertz CT molecular complexity index is 1270. The molecule has 2 heterocycles. The van der Waals surface area contributed by atoms with Crippen LogP contribution in [0.5, 0.6) is 0 Å². The Morgan fingerprint density at radius 1 is 1.12 bits per heavy atom. The third-order valence-corrected chi connectivity index (χ3v) is 8.36. The van der Waals surface area contributed by atoms with Crippen LogP contribution in [0.4, 0.5) is 5.69 Å². The maximum atomic E-state index is 13.4.